The van der Waals surface area contributed by atoms with Gasteiger partial charge in [0.1, 0.15) is 30.0 Å². The highest BCUT2D eigenvalue weighted by molar-refractivity contribution is 7.89. The lowest BCUT2D eigenvalue weighted by molar-refractivity contribution is -0.346. The van der Waals surface area contributed by atoms with Gasteiger partial charge in [0.05, 0.1) is 40.5 Å². The molecule has 3 aromatic rings. The molecule has 16 heteroatoms. The zero-order chi connectivity index (χ0) is 46.2. The van der Waals surface area contributed by atoms with Crippen molar-refractivity contribution < 1.29 is 67.0 Å². The van der Waals surface area contributed by atoms with Crippen molar-refractivity contribution in [3.05, 3.63) is 112 Å². The Bertz CT molecular complexity index is 2450. The lowest BCUT2D eigenvalue weighted by Crippen LogP contribution is -2.81. The number of fused-ring (bicyclic) bond motifs is 5. The molecule has 15 nitrogen and oxygen atoms in total. The van der Waals surface area contributed by atoms with Crippen molar-refractivity contribution in [2.75, 3.05) is 6.61 Å². The predicted octanol–water partition coefficient (Wildman–Crippen LogP) is 3.64. The SMILES string of the molecule is CC(=O)O[C@@]12CO[C@@H]1C[C@H](O)[C@@]1(C)C(=O)[C@H](O)C3=C(C)[C@@H](OC(=O)[C@H](O)[C@@H](NS(=O)(=O)c4c(C)cc(C)cc4C)c4ccccc4)C[C@@](O)([C@@H](OC(=O)c4ccccc4)[C@H]21)C3(C)C. The van der Waals surface area contributed by atoms with Gasteiger partial charge in [-0.15, -0.1) is 0 Å². The number of carbonyl (C=O) groups is 4. The van der Waals surface area contributed by atoms with E-state index in [0.29, 0.717) is 11.1 Å². The Kier molecular flexibility index (Phi) is 12.0. The summed E-state index contributed by atoms with van der Waals surface area (Å²) in [4.78, 5) is 56.5. The number of hydrogen-bond donors (Lipinski definition) is 5. The molecule has 2 saturated carbocycles. The van der Waals surface area contributed by atoms with Crippen LogP contribution in [0.25, 0.3) is 0 Å². The molecule has 0 amide bonds. The maximum Gasteiger partial charge on any atom is 0.338 e. The van der Waals surface area contributed by atoms with Gasteiger partial charge in [-0.05, 0) is 74.6 Å². The summed E-state index contributed by atoms with van der Waals surface area (Å²) in [5.74, 6) is -5.54. The molecule has 0 unspecified atom stereocenters. The summed E-state index contributed by atoms with van der Waals surface area (Å²) in [5.41, 5.74) is -5.86. The molecule has 338 valence electrons. The molecular formula is C47H55NO14S. The van der Waals surface area contributed by atoms with Crippen LogP contribution >= 0.6 is 0 Å². The highest BCUT2D eigenvalue weighted by atomic mass is 32.2. The second kappa shape index (κ2) is 16.3. The minimum absolute atomic E-state index is 0.0349. The van der Waals surface area contributed by atoms with Crippen molar-refractivity contribution >= 4 is 33.7 Å². The molecule has 1 heterocycles. The van der Waals surface area contributed by atoms with Crippen LogP contribution in [0.2, 0.25) is 0 Å². The fraction of sp³-hybridized carbons (Fsp3) is 0.489. The minimum atomic E-state index is -4.40. The van der Waals surface area contributed by atoms with E-state index >= 15 is 4.79 Å². The number of benzene rings is 3. The van der Waals surface area contributed by atoms with Gasteiger partial charge in [0, 0.05) is 25.2 Å². The Morgan fingerprint density at radius 2 is 1.49 bits per heavy atom. The van der Waals surface area contributed by atoms with Crippen LogP contribution in [0.3, 0.4) is 0 Å². The molecule has 11 atom stereocenters. The number of carbonyl (C=O) groups excluding carboxylic acids is 4. The monoisotopic (exact) mass is 889 g/mol. The summed E-state index contributed by atoms with van der Waals surface area (Å²) < 4.78 is 54.9. The summed E-state index contributed by atoms with van der Waals surface area (Å²) >= 11 is 0. The van der Waals surface area contributed by atoms with Gasteiger partial charge in [-0.25, -0.2) is 22.7 Å². The van der Waals surface area contributed by atoms with Gasteiger partial charge in [-0.3, -0.25) is 9.59 Å². The van der Waals surface area contributed by atoms with E-state index in [4.69, 9.17) is 18.9 Å². The standard InChI is InChI=1S/C47H55NO14S/c1-24-19-25(2)38(26(3)20-24)63(57,58)48-35(29-15-11-9-12-16-29)37(52)43(55)60-31-22-47(56)41(61-42(54)30-17-13-10-14-18-30)39-45(8,40(53)36(51)34(27(31)4)44(47,6)7)32(50)21-33-46(39,23-59-33)62-28(5)49/h9-20,31-33,35-37,39,41,48,50-52,56H,21-23H2,1-8H3/t31-,32-,33+,35-,36+,37+,39-,41-,45+,46-,47+/m0/s1. The zero-order valence-corrected chi connectivity index (χ0v) is 37.3. The zero-order valence-electron chi connectivity index (χ0n) is 36.4. The Labute approximate surface area is 366 Å². The van der Waals surface area contributed by atoms with Crippen LogP contribution in [-0.2, 0) is 43.4 Å². The minimum Gasteiger partial charge on any atom is -0.456 e. The highest BCUT2D eigenvalue weighted by Crippen LogP contribution is 2.64. The first-order valence-corrected chi connectivity index (χ1v) is 22.4. The van der Waals surface area contributed by atoms with Crippen molar-refractivity contribution in [2.24, 2.45) is 16.7 Å². The lowest BCUT2D eigenvalue weighted by atomic mass is 9.44. The van der Waals surface area contributed by atoms with E-state index in [2.05, 4.69) is 4.72 Å². The summed E-state index contributed by atoms with van der Waals surface area (Å²) in [6, 6.07) is 17.5. The molecule has 0 radical (unpaired) electrons. The van der Waals surface area contributed by atoms with E-state index in [0.717, 1.165) is 12.5 Å². The van der Waals surface area contributed by atoms with Gasteiger partial charge >= 0.3 is 17.9 Å². The van der Waals surface area contributed by atoms with Gasteiger partial charge in [0.25, 0.3) is 0 Å². The molecule has 7 rings (SSSR count). The van der Waals surface area contributed by atoms with Crippen molar-refractivity contribution in [1.29, 1.82) is 0 Å². The third kappa shape index (κ3) is 7.42. The van der Waals surface area contributed by atoms with Crippen molar-refractivity contribution in [1.82, 2.24) is 4.72 Å². The Morgan fingerprint density at radius 1 is 0.905 bits per heavy atom. The third-order valence-electron chi connectivity index (χ3n) is 14.1. The van der Waals surface area contributed by atoms with Gasteiger partial charge in [-0.1, -0.05) is 80.1 Å². The van der Waals surface area contributed by atoms with Crippen molar-refractivity contribution in [3.8, 4) is 0 Å². The smallest absolute Gasteiger partial charge is 0.338 e. The summed E-state index contributed by atoms with van der Waals surface area (Å²) in [5, 5.41) is 49.6. The number of nitrogens with one attached hydrogen (secondary N) is 1. The molecule has 1 aliphatic heterocycles. The summed E-state index contributed by atoms with van der Waals surface area (Å²) in [6.45, 7) is 11.9. The van der Waals surface area contributed by atoms with Crippen LogP contribution in [0.4, 0.5) is 0 Å². The van der Waals surface area contributed by atoms with E-state index in [1.165, 1.54) is 52.0 Å². The van der Waals surface area contributed by atoms with Gasteiger partial charge in [-0.2, -0.15) is 0 Å². The van der Waals surface area contributed by atoms with Crippen LogP contribution in [0, 0.1) is 37.5 Å². The number of rotatable bonds is 10. The molecule has 0 spiro atoms. The molecule has 5 N–H and O–H groups in total. The maximum atomic E-state index is 15.0. The number of esters is 3. The second-order valence-corrected chi connectivity index (χ2v) is 19.9. The van der Waals surface area contributed by atoms with Gasteiger partial charge in [0.2, 0.25) is 10.0 Å². The molecule has 4 aliphatic rings. The first-order chi connectivity index (χ1) is 29.4. The molecule has 3 aromatic carbocycles. The fourth-order valence-electron chi connectivity index (χ4n) is 10.9. The first kappa shape index (κ1) is 46.2. The number of ketones is 1. The van der Waals surface area contributed by atoms with Crippen LogP contribution in [-0.4, -0.2) is 107 Å². The molecule has 0 aromatic heterocycles. The van der Waals surface area contributed by atoms with E-state index in [9.17, 15) is 43.2 Å². The molecule has 2 bridgehead atoms. The van der Waals surface area contributed by atoms with E-state index < -0.39 is 111 Å². The Morgan fingerprint density at radius 3 is 2.05 bits per heavy atom. The number of sulfonamides is 1. The molecule has 3 fully saturated rings. The van der Waals surface area contributed by atoms with Crippen molar-refractivity contribution in [3.63, 3.8) is 0 Å². The number of hydrogen-bond acceptors (Lipinski definition) is 14. The van der Waals surface area contributed by atoms with Crippen LogP contribution < -0.4 is 4.72 Å². The molecule has 1 saturated heterocycles. The van der Waals surface area contributed by atoms with Crippen LogP contribution in [0.15, 0.2) is 88.8 Å². The second-order valence-electron chi connectivity index (χ2n) is 18.3. The molecule has 63 heavy (non-hydrogen) atoms. The van der Waals surface area contributed by atoms with Gasteiger partial charge in [0.15, 0.2) is 17.5 Å². The maximum absolute atomic E-state index is 15.0. The largest absolute Gasteiger partial charge is 0.456 e. The number of Topliss-reactive ketones (excluding diaryl/α,β-unsaturated/α-hetero) is 1. The molecular weight excluding hydrogens is 835 g/mol. The lowest BCUT2D eigenvalue weighted by Gasteiger charge is -2.67. The summed E-state index contributed by atoms with van der Waals surface area (Å²) in [6.07, 6.45) is -11.0. The fourth-order valence-corrected chi connectivity index (χ4v) is 12.6. The van der Waals surface area contributed by atoms with Crippen LogP contribution in [0.1, 0.15) is 86.1 Å². The number of aliphatic hydroxyl groups is 4. The third-order valence-corrected chi connectivity index (χ3v) is 15.8. The average molecular weight is 890 g/mol. The number of aliphatic hydroxyl groups excluding tert-OH is 3. The average Bonchev–Trinajstić information content (AvgIpc) is 3.21. The van der Waals surface area contributed by atoms with Crippen LogP contribution in [0.5, 0.6) is 0 Å². The Hall–Kier alpha value is -4.81. The van der Waals surface area contributed by atoms with Crippen molar-refractivity contribution in [2.45, 2.75) is 127 Å². The number of ether oxygens (including phenoxy) is 4. The normalized spacial score (nSPS) is 32.1. The van der Waals surface area contributed by atoms with Gasteiger partial charge < -0.3 is 39.4 Å². The first-order valence-electron chi connectivity index (χ1n) is 20.9. The highest BCUT2D eigenvalue weighted by Gasteiger charge is 2.78. The number of aryl methyl sites for hydroxylation is 3. The molecule has 3 aliphatic carbocycles. The van der Waals surface area contributed by atoms with E-state index in [-0.39, 0.29) is 40.2 Å². The van der Waals surface area contributed by atoms with E-state index in [1.54, 1.807) is 62.4 Å². The predicted molar refractivity (Wildman–Crippen MR) is 225 cm³/mol. The quantitative estimate of drug-likeness (QED) is 0.111. The topological polar surface area (TPSA) is 232 Å². The summed E-state index contributed by atoms with van der Waals surface area (Å²) in [7, 11) is -4.40. The Balaban J connectivity index is 1.35. The van der Waals surface area contributed by atoms with E-state index in [1.807, 2.05) is 6.92 Å².